The van der Waals surface area contributed by atoms with Crippen molar-refractivity contribution in [1.82, 2.24) is 9.78 Å². The van der Waals surface area contributed by atoms with Crippen LogP contribution in [0.5, 0.6) is 0 Å². The van der Waals surface area contributed by atoms with E-state index >= 15 is 0 Å². The number of rotatable bonds is 2. The van der Waals surface area contributed by atoms with Crippen LogP contribution in [-0.4, -0.2) is 25.1 Å². The van der Waals surface area contributed by atoms with Crippen LogP contribution in [0.3, 0.4) is 0 Å². The average molecular weight is 297 g/mol. The highest BCUT2D eigenvalue weighted by Crippen LogP contribution is 2.36. The number of benzene rings is 1. The molecule has 3 rings (SSSR count). The first-order chi connectivity index (χ1) is 9.04. The van der Waals surface area contributed by atoms with Crippen molar-refractivity contribution in [1.29, 1.82) is 0 Å². The molecule has 0 radical (unpaired) electrons. The lowest BCUT2D eigenvalue weighted by atomic mass is 10.1. The van der Waals surface area contributed by atoms with Gasteiger partial charge in [0.2, 0.25) is 0 Å². The van der Waals surface area contributed by atoms with E-state index in [1.807, 2.05) is 0 Å². The zero-order chi connectivity index (χ0) is 13.6. The molecular formula is C12H9ClN2O3S. The summed E-state index contributed by atoms with van der Waals surface area (Å²) in [6, 6.07) is 5.13. The van der Waals surface area contributed by atoms with Crippen LogP contribution >= 0.6 is 11.6 Å². The van der Waals surface area contributed by atoms with E-state index in [0.717, 1.165) is 11.1 Å². The maximum absolute atomic E-state index is 12.1. The number of carbonyl (C=O) groups is 1. The van der Waals surface area contributed by atoms with Crippen LogP contribution in [0.25, 0.3) is 11.3 Å². The third kappa shape index (κ3) is 2.17. The molecule has 0 spiro atoms. The van der Waals surface area contributed by atoms with E-state index in [2.05, 4.69) is 5.10 Å². The van der Waals surface area contributed by atoms with E-state index in [0.29, 0.717) is 21.4 Å². The zero-order valence-electron chi connectivity index (χ0n) is 9.67. The van der Waals surface area contributed by atoms with Gasteiger partial charge < -0.3 is 5.11 Å². The molecule has 7 heteroatoms. The Labute approximate surface area is 116 Å². The second kappa shape index (κ2) is 4.47. The summed E-state index contributed by atoms with van der Waals surface area (Å²) in [4.78, 5) is 11.4. The Bertz CT molecular complexity index is 711. The van der Waals surface area contributed by atoms with Crippen LogP contribution in [0.4, 0.5) is 0 Å². The van der Waals surface area contributed by atoms with Crippen LogP contribution in [0.15, 0.2) is 29.3 Å². The van der Waals surface area contributed by atoms with Crippen molar-refractivity contribution in [2.24, 2.45) is 0 Å². The third-order valence-electron chi connectivity index (χ3n) is 2.86. The first kappa shape index (κ1) is 12.4. The second-order valence-electron chi connectivity index (χ2n) is 4.22. The quantitative estimate of drug-likeness (QED) is 0.919. The molecular weight excluding hydrogens is 288 g/mol. The molecule has 0 bridgehead atoms. The van der Waals surface area contributed by atoms with Gasteiger partial charge in [0, 0.05) is 27.2 Å². The maximum atomic E-state index is 12.1. The number of nitrogens with zero attached hydrogens (tertiary/aromatic N) is 2. The summed E-state index contributed by atoms with van der Waals surface area (Å²) in [5.74, 6) is -0.615. The lowest BCUT2D eigenvalue weighted by Crippen LogP contribution is -2.09. The van der Waals surface area contributed by atoms with Crippen molar-refractivity contribution in [3.63, 3.8) is 0 Å². The van der Waals surface area contributed by atoms with Gasteiger partial charge in [-0.15, -0.1) is 0 Å². The van der Waals surface area contributed by atoms with Crippen molar-refractivity contribution < 1.29 is 14.1 Å². The lowest BCUT2D eigenvalue weighted by Gasteiger charge is -2.14. The molecule has 1 aromatic carbocycles. The molecule has 0 fully saturated rings. The largest absolute Gasteiger partial charge is 0.480 e. The van der Waals surface area contributed by atoms with Crippen LogP contribution in [0.1, 0.15) is 5.56 Å². The number of hydrogen-bond acceptors (Lipinski definition) is 3. The third-order valence-corrected chi connectivity index (χ3v) is 4.52. The van der Waals surface area contributed by atoms with Gasteiger partial charge in [-0.3, -0.25) is 13.7 Å². The minimum atomic E-state index is -1.14. The van der Waals surface area contributed by atoms with Crippen molar-refractivity contribution in [3.05, 3.63) is 35.0 Å². The Morgan fingerprint density at radius 2 is 2.32 bits per heavy atom. The molecule has 1 aliphatic heterocycles. The topological polar surface area (TPSA) is 72.2 Å². The number of fused-ring (bicyclic) bond motifs is 3. The second-order valence-corrected chi connectivity index (χ2v) is 6.08. The van der Waals surface area contributed by atoms with Gasteiger partial charge >= 0.3 is 5.97 Å². The SMILES string of the molecule is O=C(O)Cn1cc2c(n1)-c1cc(Cl)ccc1S(=O)C2. The van der Waals surface area contributed by atoms with E-state index in [9.17, 15) is 9.00 Å². The molecule has 1 aromatic heterocycles. The minimum Gasteiger partial charge on any atom is -0.480 e. The van der Waals surface area contributed by atoms with Crippen LogP contribution in [-0.2, 0) is 27.9 Å². The van der Waals surface area contributed by atoms with E-state index in [4.69, 9.17) is 16.7 Å². The maximum Gasteiger partial charge on any atom is 0.325 e. The Hall–Kier alpha value is -1.66. The highest BCUT2D eigenvalue weighted by molar-refractivity contribution is 7.84. The molecule has 1 unspecified atom stereocenters. The van der Waals surface area contributed by atoms with Crippen LogP contribution < -0.4 is 0 Å². The number of aromatic nitrogens is 2. The molecule has 5 nitrogen and oxygen atoms in total. The van der Waals surface area contributed by atoms with Gasteiger partial charge in [0.15, 0.2) is 0 Å². The van der Waals surface area contributed by atoms with Gasteiger partial charge in [-0.2, -0.15) is 5.10 Å². The van der Waals surface area contributed by atoms with Gasteiger partial charge in [-0.1, -0.05) is 11.6 Å². The average Bonchev–Trinajstić information content (AvgIpc) is 2.70. The van der Waals surface area contributed by atoms with Crippen LogP contribution in [0, 0.1) is 0 Å². The Morgan fingerprint density at radius 3 is 3.05 bits per heavy atom. The predicted molar refractivity (Wildman–Crippen MR) is 70.4 cm³/mol. The zero-order valence-corrected chi connectivity index (χ0v) is 11.2. The highest BCUT2D eigenvalue weighted by Gasteiger charge is 2.25. The summed E-state index contributed by atoms with van der Waals surface area (Å²) in [6.45, 7) is -0.213. The minimum absolute atomic E-state index is 0.213. The fourth-order valence-electron chi connectivity index (χ4n) is 2.12. The number of carboxylic acid groups (broad SMARTS) is 1. The molecule has 2 heterocycles. The lowest BCUT2D eigenvalue weighted by molar-refractivity contribution is -0.137. The molecule has 2 aromatic rings. The van der Waals surface area contributed by atoms with Crippen molar-refractivity contribution in [3.8, 4) is 11.3 Å². The number of halogens is 1. The smallest absolute Gasteiger partial charge is 0.325 e. The Morgan fingerprint density at radius 1 is 1.53 bits per heavy atom. The van der Waals surface area contributed by atoms with E-state index < -0.39 is 16.8 Å². The Kier molecular flexibility index (Phi) is 2.91. The molecule has 0 saturated carbocycles. The normalized spacial score (nSPS) is 16.8. The molecule has 19 heavy (non-hydrogen) atoms. The van der Waals surface area contributed by atoms with E-state index in [-0.39, 0.29) is 6.54 Å². The van der Waals surface area contributed by atoms with Crippen molar-refractivity contribution in [2.45, 2.75) is 17.2 Å². The fraction of sp³-hybridized carbons (Fsp3) is 0.167. The summed E-state index contributed by atoms with van der Waals surface area (Å²) < 4.78 is 13.5. The van der Waals surface area contributed by atoms with Gasteiger partial charge in [-0.25, -0.2) is 0 Å². The van der Waals surface area contributed by atoms with Gasteiger partial charge in [0.1, 0.15) is 6.54 Å². The molecule has 98 valence electrons. The van der Waals surface area contributed by atoms with Gasteiger partial charge in [-0.05, 0) is 18.2 Å². The summed E-state index contributed by atoms with van der Waals surface area (Å²) in [5.41, 5.74) is 2.17. The standard InChI is InChI=1S/C12H9ClN2O3S/c13-8-1-2-10-9(3-8)12-7(6-19(10)18)4-15(14-12)5-11(16)17/h1-4H,5-6H2,(H,16,17). The first-order valence-electron chi connectivity index (χ1n) is 5.51. The summed E-state index contributed by atoms with van der Waals surface area (Å²) in [7, 11) is -1.14. The summed E-state index contributed by atoms with van der Waals surface area (Å²) >= 11 is 5.95. The van der Waals surface area contributed by atoms with Crippen molar-refractivity contribution in [2.75, 3.05) is 0 Å². The van der Waals surface area contributed by atoms with E-state index in [1.165, 1.54) is 4.68 Å². The van der Waals surface area contributed by atoms with Gasteiger partial charge in [0.25, 0.3) is 0 Å². The molecule has 1 aliphatic rings. The molecule has 0 amide bonds. The van der Waals surface area contributed by atoms with Gasteiger partial charge in [0.05, 0.1) is 22.2 Å². The first-order valence-corrected chi connectivity index (χ1v) is 7.20. The van der Waals surface area contributed by atoms with Crippen molar-refractivity contribution >= 4 is 28.4 Å². The summed E-state index contributed by atoms with van der Waals surface area (Å²) in [5, 5.41) is 13.6. The Balaban J connectivity index is 2.15. The molecule has 1 N–H and O–H groups in total. The molecule has 0 saturated heterocycles. The number of aliphatic carboxylic acids is 1. The number of carboxylic acids is 1. The van der Waals surface area contributed by atoms with Crippen LogP contribution in [0.2, 0.25) is 5.02 Å². The molecule has 1 atom stereocenters. The number of hydrogen-bond donors (Lipinski definition) is 1. The fourth-order valence-corrected chi connectivity index (χ4v) is 3.56. The van der Waals surface area contributed by atoms with E-state index in [1.54, 1.807) is 24.4 Å². The summed E-state index contributed by atoms with van der Waals surface area (Å²) in [6.07, 6.45) is 1.63. The predicted octanol–water partition coefficient (Wildman–Crippen LogP) is 1.91. The highest BCUT2D eigenvalue weighted by atomic mass is 35.5. The molecule has 0 aliphatic carbocycles. The monoisotopic (exact) mass is 296 g/mol.